The number of rotatable bonds is 11. The molecule has 2 aliphatic heterocycles. The monoisotopic (exact) mass is 758 g/mol. The Morgan fingerprint density at radius 2 is 1.64 bits per heavy atom. The van der Waals surface area contributed by atoms with Gasteiger partial charge in [-0.15, -0.1) is 11.3 Å². The van der Waals surface area contributed by atoms with Gasteiger partial charge in [0.25, 0.3) is 5.91 Å². The molecule has 3 aromatic rings. The smallest absolute Gasteiger partial charge is 0.475 e. The molecule has 0 bridgehead atoms. The fourth-order valence-electron chi connectivity index (χ4n) is 7.29. The summed E-state index contributed by atoms with van der Waals surface area (Å²) in [4.78, 5) is 55.0. The van der Waals surface area contributed by atoms with Crippen molar-refractivity contribution in [2.24, 2.45) is 5.92 Å². The lowest BCUT2D eigenvalue weighted by Gasteiger charge is -2.37. The maximum absolute atomic E-state index is 14.1. The van der Waals surface area contributed by atoms with E-state index in [1.165, 1.54) is 11.3 Å². The van der Waals surface area contributed by atoms with E-state index in [-0.39, 0.29) is 23.8 Å². The molecule has 3 heterocycles. The van der Waals surface area contributed by atoms with Crippen molar-refractivity contribution < 1.29 is 42.2 Å². The number of hydrogen-bond donors (Lipinski definition) is 3. The number of benzene rings is 2. The lowest BCUT2D eigenvalue weighted by Crippen LogP contribution is -2.59. The second kappa shape index (κ2) is 18.4. The minimum Gasteiger partial charge on any atom is -0.475 e. The molecular weight excluding hydrogens is 710 g/mol. The first-order chi connectivity index (χ1) is 25.3. The zero-order chi connectivity index (χ0) is 38.0. The van der Waals surface area contributed by atoms with Crippen molar-refractivity contribution in [3.05, 3.63) is 70.6 Å². The van der Waals surface area contributed by atoms with Crippen LogP contribution in [0.4, 0.5) is 13.2 Å². The van der Waals surface area contributed by atoms with Gasteiger partial charge >= 0.3 is 12.1 Å². The van der Waals surface area contributed by atoms with Crippen LogP contribution in [0.3, 0.4) is 0 Å². The lowest BCUT2D eigenvalue weighted by molar-refractivity contribution is -0.192. The molecule has 1 saturated carbocycles. The number of aryl methyl sites for hydroxylation is 1. The van der Waals surface area contributed by atoms with Gasteiger partial charge in [-0.1, -0.05) is 55.3 Å². The molecule has 0 unspecified atom stereocenters. The van der Waals surface area contributed by atoms with Crippen LogP contribution >= 0.6 is 11.3 Å². The van der Waals surface area contributed by atoms with Gasteiger partial charge in [-0.2, -0.15) is 13.2 Å². The van der Waals surface area contributed by atoms with Crippen LogP contribution in [0, 0.1) is 12.8 Å². The van der Waals surface area contributed by atoms with E-state index in [1.807, 2.05) is 42.2 Å². The Hall–Kier alpha value is -4.01. The summed E-state index contributed by atoms with van der Waals surface area (Å²) in [6, 6.07) is 18.0. The molecule has 0 radical (unpaired) electrons. The zero-order valence-electron chi connectivity index (χ0n) is 30.1. The van der Waals surface area contributed by atoms with Gasteiger partial charge in [0.1, 0.15) is 5.54 Å². The number of fused-ring (bicyclic) bond motifs is 1. The molecule has 2 saturated heterocycles. The maximum atomic E-state index is 14.1. The number of aliphatic carboxylic acids is 1. The van der Waals surface area contributed by atoms with Gasteiger partial charge in [-0.25, -0.2) is 4.79 Å². The third kappa shape index (κ3) is 11.5. The summed E-state index contributed by atoms with van der Waals surface area (Å²) in [7, 11) is 0. The number of alkyl halides is 3. The molecule has 6 rings (SSSR count). The minimum absolute atomic E-state index is 0.134. The third-order valence-corrected chi connectivity index (χ3v) is 11.4. The van der Waals surface area contributed by atoms with Crippen molar-refractivity contribution in [2.75, 3.05) is 45.9 Å². The van der Waals surface area contributed by atoms with Crippen LogP contribution in [-0.2, 0) is 25.5 Å². The summed E-state index contributed by atoms with van der Waals surface area (Å²) < 4.78 is 38.3. The number of hydrogen-bond acceptors (Lipinski definition) is 7. The molecular formula is C39H49F3N4O6S. The number of carbonyl (C=O) groups excluding carboxylic acids is 3. The third-order valence-electron chi connectivity index (χ3n) is 10.3. The summed E-state index contributed by atoms with van der Waals surface area (Å²) in [5, 5.41) is 14.7. The Morgan fingerprint density at radius 3 is 2.28 bits per heavy atom. The molecule has 1 aliphatic carbocycles. The fraction of sp³-hybridized carbons (Fsp3) is 0.538. The molecule has 14 heteroatoms. The Bertz CT molecular complexity index is 1700. The van der Waals surface area contributed by atoms with Gasteiger partial charge in [0.2, 0.25) is 11.8 Å². The predicted molar refractivity (Wildman–Crippen MR) is 197 cm³/mol. The second-order valence-corrected chi connectivity index (χ2v) is 15.4. The SMILES string of the molecule is Cc1ccc2cc(C(=O)NC3(C(=O)N[C@@H](CCC(=O)N4CCN(CC5CCOCC5)CC4)Cc4ccccc4)CCCC3)sc2c1.O=C(O)C(F)(F)F. The van der Waals surface area contributed by atoms with E-state index >= 15 is 0 Å². The minimum atomic E-state index is -5.08. The largest absolute Gasteiger partial charge is 0.490 e. The molecule has 2 aromatic carbocycles. The Morgan fingerprint density at radius 1 is 0.981 bits per heavy atom. The van der Waals surface area contributed by atoms with Gasteiger partial charge in [0.15, 0.2) is 0 Å². The van der Waals surface area contributed by atoms with Gasteiger partial charge in [0, 0.05) is 63.1 Å². The number of ether oxygens (including phenoxy) is 1. The van der Waals surface area contributed by atoms with E-state index < -0.39 is 17.7 Å². The Kier molecular flexibility index (Phi) is 13.9. The topological polar surface area (TPSA) is 128 Å². The second-order valence-electron chi connectivity index (χ2n) is 14.3. The predicted octanol–water partition coefficient (Wildman–Crippen LogP) is 5.96. The normalized spacial score (nSPS) is 18.5. The van der Waals surface area contributed by atoms with Crippen molar-refractivity contribution in [1.82, 2.24) is 20.4 Å². The highest BCUT2D eigenvalue weighted by atomic mass is 32.1. The van der Waals surface area contributed by atoms with Gasteiger partial charge in [-0.3, -0.25) is 19.3 Å². The summed E-state index contributed by atoms with van der Waals surface area (Å²) in [5.41, 5.74) is 1.33. The quantitative estimate of drug-likeness (QED) is 0.220. The zero-order valence-corrected chi connectivity index (χ0v) is 30.9. The van der Waals surface area contributed by atoms with Crippen molar-refractivity contribution in [3.63, 3.8) is 0 Å². The van der Waals surface area contributed by atoms with Crippen LogP contribution < -0.4 is 10.6 Å². The highest BCUT2D eigenvalue weighted by Crippen LogP contribution is 2.33. The fourth-order valence-corrected chi connectivity index (χ4v) is 8.35. The number of halogens is 3. The van der Waals surface area contributed by atoms with E-state index in [2.05, 4.69) is 39.8 Å². The molecule has 3 N–H and O–H groups in total. The van der Waals surface area contributed by atoms with Crippen LogP contribution in [-0.4, -0.2) is 102 Å². The van der Waals surface area contributed by atoms with Gasteiger partial charge < -0.3 is 25.4 Å². The number of carboxylic acids is 1. The number of amides is 3. The molecule has 10 nitrogen and oxygen atoms in total. The van der Waals surface area contributed by atoms with Crippen LogP contribution in [0.1, 0.15) is 72.2 Å². The first-order valence-electron chi connectivity index (χ1n) is 18.4. The van der Waals surface area contributed by atoms with Gasteiger partial charge in [0.05, 0.1) is 4.88 Å². The van der Waals surface area contributed by atoms with E-state index in [0.717, 1.165) is 92.8 Å². The highest BCUT2D eigenvalue weighted by molar-refractivity contribution is 7.20. The van der Waals surface area contributed by atoms with Crippen molar-refractivity contribution >= 4 is 45.1 Å². The number of carbonyl (C=O) groups is 4. The van der Waals surface area contributed by atoms with Crippen molar-refractivity contribution in [2.45, 2.75) is 82.5 Å². The average molecular weight is 759 g/mol. The molecule has 3 amide bonds. The molecule has 288 valence electrons. The number of nitrogens with one attached hydrogen (secondary N) is 2. The van der Waals surface area contributed by atoms with Crippen molar-refractivity contribution in [3.8, 4) is 0 Å². The standard InChI is InChI=1S/C37H48N4O4S.C2HF3O2/c1-27-9-10-30-25-33(46-32(30)23-27)35(43)39-37(15-5-6-16-37)36(44)38-31(24-28-7-3-2-4-8-28)11-12-34(42)41-19-17-40(18-20-41)26-29-13-21-45-22-14-29;3-2(4,5)1(6)7/h2-4,7-10,23,25,29,31H,5-6,11-22,24,26H2,1H3,(H,38,44)(H,39,43);(H,6,7)/t31-;/m0./s1. The average Bonchev–Trinajstić information content (AvgIpc) is 3.79. The number of nitrogens with zero attached hydrogens (tertiary/aromatic N) is 2. The summed E-state index contributed by atoms with van der Waals surface area (Å²) in [6.45, 7) is 8.20. The molecule has 0 spiro atoms. The van der Waals surface area contributed by atoms with E-state index in [1.54, 1.807) is 0 Å². The highest BCUT2D eigenvalue weighted by Gasteiger charge is 2.43. The Balaban J connectivity index is 0.000000705. The van der Waals surface area contributed by atoms with E-state index in [9.17, 15) is 27.6 Å². The summed E-state index contributed by atoms with van der Waals surface area (Å²) in [5.74, 6) is -2.23. The molecule has 1 atom stereocenters. The van der Waals surface area contributed by atoms with Crippen molar-refractivity contribution in [1.29, 1.82) is 0 Å². The molecule has 3 aliphatic rings. The summed E-state index contributed by atoms with van der Waals surface area (Å²) >= 11 is 1.47. The first kappa shape index (κ1) is 40.2. The van der Waals surface area contributed by atoms with E-state index in [0.29, 0.717) is 42.9 Å². The summed E-state index contributed by atoms with van der Waals surface area (Å²) in [6.07, 6.45) is 1.77. The van der Waals surface area contributed by atoms with Crippen LogP contribution in [0.2, 0.25) is 0 Å². The molecule has 3 fully saturated rings. The molecule has 53 heavy (non-hydrogen) atoms. The van der Waals surface area contributed by atoms with E-state index in [4.69, 9.17) is 14.6 Å². The van der Waals surface area contributed by atoms with Crippen LogP contribution in [0.15, 0.2) is 54.6 Å². The number of thiophene rings is 1. The van der Waals surface area contributed by atoms with Gasteiger partial charge in [-0.05, 0) is 80.0 Å². The number of piperazine rings is 1. The first-order valence-corrected chi connectivity index (χ1v) is 19.2. The van der Waals surface area contributed by atoms with Crippen LogP contribution in [0.25, 0.3) is 10.1 Å². The number of carboxylic acid groups (broad SMARTS) is 1. The lowest BCUT2D eigenvalue weighted by atomic mass is 9.93. The Labute approximate surface area is 312 Å². The van der Waals surface area contributed by atoms with Crippen LogP contribution in [0.5, 0.6) is 0 Å². The maximum Gasteiger partial charge on any atom is 0.490 e. The molecule has 1 aromatic heterocycles.